The quantitative estimate of drug-likeness (QED) is 0.302. The van der Waals surface area contributed by atoms with E-state index < -0.39 is 0 Å². The topological polar surface area (TPSA) is 54.2 Å². The summed E-state index contributed by atoms with van der Waals surface area (Å²) in [7, 11) is 0. The van der Waals surface area contributed by atoms with Gasteiger partial charge in [0.15, 0.2) is 5.96 Å². The van der Waals surface area contributed by atoms with Gasteiger partial charge in [-0.05, 0) is 43.9 Å². The Labute approximate surface area is 190 Å². The van der Waals surface area contributed by atoms with Crippen LogP contribution in [0.4, 0.5) is 0 Å². The Kier molecular flexibility index (Phi) is 10.8. The minimum absolute atomic E-state index is 0. The van der Waals surface area contributed by atoms with Crippen LogP contribution < -0.4 is 10.6 Å². The standard InChI is InChI=1S/C21H31N5S.HI/c1-2-22-21(24-16-19-11-7-15-27-19)25-17-20-23-12-14-26(20)13-6-10-18-8-4-3-5-9-18;/h3-5,8-9,12,14,19H,2,6-7,10-11,13,15-17H2,1H3,(H2,22,24,25);1H. The maximum absolute atomic E-state index is 4.75. The lowest BCUT2D eigenvalue weighted by Crippen LogP contribution is -2.40. The number of aromatic nitrogens is 2. The molecule has 28 heavy (non-hydrogen) atoms. The molecular weight excluding hydrogens is 481 g/mol. The smallest absolute Gasteiger partial charge is 0.191 e. The molecule has 1 aliphatic heterocycles. The van der Waals surface area contributed by atoms with Crippen LogP contribution in [0.25, 0.3) is 0 Å². The monoisotopic (exact) mass is 513 g/mol. The van der Waals surface area contributed by atoms with Gasteiger partial charge in [0.2, 0.25) is 0 Å². The number of thioether (sulfide) groups is 1. The van der Waals surface area contributed by atoms with Crippen LogP contribution in [0.2, 0.25) is 0 Å². The number of halogens is 1. The second kappa shape index (κ2) is 13.1. The molecule has 0 spiro atoms. The summed E-state index contributed by atoms with van der Waals surface area (Å²) in [6, 6.07) is 10.7. The van der Waals surface area contributed by atoms with Crippen molar-refractivity contribution in [3.8, 4) is 0 Å². The van der Waals surface area contributed by atoms with Crippen LogP contribution in [0, 0.1) is 0 Å². The van der Waals surface area contributed by atoms with Crippen LogP contribution in [0.3, 0.4) is 0 Å². The fourth-order valence-electron chi connectivity index (χ4n) is 3.30. The molecule has 0 aliphatic carbocycles. The number of hydrogen-bond donors (Lipinski definition) is 2. The summed E-state index contributed by atoms with van der Waals surface area (Å²) >= 11 is 2.07. The molecule has 0 saturated carbocycles. The number of aryl methyl sites for hydroxylation is 2. The fourth-order valence-corrected chi connectivity index (χ4v) is 4.50. The molecule has 1 aromatic carbocycles. The van der Waals surface area contributed by atoms with E-state index in [0.29, 0.717) is 11.8 Å². The first-order chi connectivity index (χ1) is 13.3. The molecule has 1 aliphatic rings. The first-order valence-corrected chi connectivity index (χ1v) is 11.1. The summed E-state index contributed by atoms with van der Waals surface area (Å²) in [6.45, 7) is 5.54. The van der Waals surface area contributed by atoms with Gasteiger partial charge in [0, 0.05) is 37.3 Å². The third kappa shape index (κ3) is 7.66. The largest absolute Gasteiger partial charge is 0.357 e. The van der Waals surface area contributed by atoms with E-state index in [-0.39, 0.29) is 24.0 Å². The van der Waals surface area contributed by atoms with Crippen LogP contribution in [0.15, 0.2) is 47.7 Å². The van der Waals surface area contributed by atoms with Gasteiger partial charge in [-0.2, -0.15) is 11.8 Å². The Balaban J connectivity index is 0.00000280. The van der Waals surface area contributed by atoms with Gasteiger partial charge in [0.1, 0.15) is 12.4 Å². The molecule has 2 aromatic rings. The number of guanidine groups is 1. The van der Waals surface area contributed by atoms with Crippen molar-refractivity contribution in [2.24, 2.45) is 4.99 Å². The van der Waals surface area contributed by atoms with Gasteiger partial charge in [-0.25, -0.2) is 9.98 Å². The number of aliphatic imine (C=N–C) groups is 1. The van der Waals surface area contributed by atoms with Crippen molar-refractivity contribution in [2.45, 2.75) is 50.9 Å². The van der Waals surface area contributed by atoms with E-state index in [1.54, 1.807) is 0 Å². The molecule has 7 heteroatoms. The van der Waals surface area contributed by atoms with E-state index >= 15 is 0 Å². The first kappa shape index (κ1) is 23.1. The predicted octanol–water partition coefficient (Wildman–Crippen LogP) is 4.08. The van der Waals surface area contributed by atoms with Crippen molar-refractivity contribution in [1.29, 1.82) is 0 Å². The van der Waals surface area contributed by atoms with Crippen molar-refractivity contribution in [2.75, 3.05) is 18.8 Å². The molecule has 1 aromatic heterocycles. The number of hydrogen-bond acceptors (Lipinski definition) is 3. The highest BCUT2D eigenvalue weighted by Crippen LogP contribution is 2.25. The molecule has 0 bridgehead atoms. The molecule has 2 heterocycles. The van der Waals surface area contributed by atoms with E-state index in [0.717, 1.165) is 44.3 Å². The number of rotatable bonds is 9. The van der Waals surface area contributed by atoms with Crippen molar-refractivity contribution in [1.82, 2.24) is 20.2 Å². The number of imidazole rings is 1. The second-order valence-electron chi connectivity index (χ2n) is 6.84. The maximum atomic E-state index is 4.75. The lowest BCUT2D eigenvalue weighted by Gasteiger charge is -2.14. The summed E-state index contributed by atoms with van der Waals surface area (Å²) in [6.07, 6.45) is 8.78. The Morgan fingerprint density at radius 2 is 2.14 bits per heavy atom. The van der Waals surface area contributed by atoms with Gasteiger partial charge < -0.3 is 15.2 Å². The van der Waals surface area contributed by atoms with E-state index in [1.165, 1.54) is 24.2 Å². The molecule has 5 nitrogen and oxygen atoms in total. The van der Waals surface area contributed by atoms with Crippen LogP contribution in [0.5, 0.6) is 0 Å². The molecule has 1 atom stereocenters. The normalized spacial score (nSPS) is 16.6. The molecule has 1 saturated heterocycles. The first-order valence-electron chi connectivity index (χ1n) is 10.0. The Hall–Kier alpha value is -1.22. The van der Waals surface area contributed by atoms with E-state index in [1.807, 2.05) is 6.20 Å². The molecule has 0 amide bonds. The fraction of sp³-hybridized carbons (Fsp3) is 0.524. The second-order valence-corrected chi connectivity index (χ2v) is 8.25. The molecule has 2 N–H and O–H groups in total. The summed E-state index contributed by atoms with van der Waals surface area (Å²) in [5, 5.41) is 7.55. The Morgan fingerprint density at radius 3 is 2.89 bits per heavy atom. The number of benzene rings is 1. The molecule has 0 radical (unpaired) electrons. The van der Waals surface area contributed by atoms with Crippen LogP contribution >= 0.6 is 35.7 Å². The molecule has 1 fully saturated rings. The van der Waals surface area contributed by atoms with Gasteiger partial charge >= 0.3 is 0 Å². The molecule has 1 unspecified atom stereocenters. The summed E-state index contributed by atoms with van der Waals surface area (Å²) < 4.78 is 2.23. The lowest BCUT2D eigenvalue weighted by atomic mass is 10.1. The summed E-state index contributed by atoms with van der Waals surface area (Å²) in [5.41, 5.74) is 1.39. The summed E-state index contributed by atoms with van der Waals surface area (Å²) in [5.74, 6) is 3.21. The minimum atomic E-state index is 0. The summed E-state index contributed by atoms with van der Waals surface area (Å²) in [4.78, 5) is 9.25. The van der Waals surface area contributed by atoms with Crippen molar-refractivity contribution < 1.29 is 0 Å². The van der Waals surface area contributed by atoms with Crippen LogP contribution in [0.1, 0.15) is 37.6 Å². The van der Waals surface area contributed by atoms with Crippen LogP contribution in [-0.4, -0.2) is 39.6 Å². The molecule has 3 rings (SSSR count). The highest BCUT2D eigenvalue weighted by molar-refractivity contribution is 14.0. The van der Waals surface area contributed by atoms with E-state index in [2.05, 4.69) is 75.4 Å². The highest BCUT2D eigenvalue weighted by atomic mass is 127. The third-order valence-corrected chi connectivity index (χ3v) is 6.15. The van der Waals surface area contributed by atoms with Gasteiger partial charge in [-0.3, -0.25) is 0 Å². The average molecular weight is 513 g/mol. The zero-order chi connectivity index (χ0) is 18.7. The Morgan fingerprint density at radius 1 is 1.29 bits per heavy atom. The average Bonchev–Trinajstić information content (AvgIpc) is 3.37. The number of nitrogens with zero attached hydrogens (tertiary/aromatic N) is 3. The SMILES string of the molecule is CCNC(=NCc1nccn1CCCc1ccccc1)NCC1CCCS1.I. The zero-order valence-electron chi connectivity index (χ0n) is 16.6. The molecular formula is C21H32IN5S. The Bertz CT molecular complexity index is 698. The van der Waals surface area contributed by atoms with E-state index in [9.17, 15) is 0 Å². The predicted molar refractivity (Wildman–Crippen MR) is 131 cm³/mol. The van der Waals surface area contributed by atoms with E-state index in [4.69, 9.17) is 4.99 Å². The van der Waals surface area contributed by atoms with Crippen molar-refractivity contribution in [3.63, 3.8) is 0 Å². The highest BCUT2D eigenvalue weighted by Gasteiger charge is 2.15. The number of nitrogens with one attached hydrogen (secondary N) is 2. The van der Waals surface area contributed by atoms with Gasteiger partial charge in [-0.1, -0.05) is 30.3 Å². The maximum Gasteiger partial charge on any atom is 0.191 e. The van der Waals surface area contributed by atoms with Gasteiger partial charge in [0.25, 0.3) is 0 Å². The van der Waals surface area contributed by atoms with Gasteiger partial charge in [0.05, 0.1) is 0 Å². The molecule has 154 valence electrons. The lowest BCUT2D eigenvalue weighted by molar-refractivity contribution is 0.610. The zero-order valence-corrected chi connectivity index (χ0v) is 19.8. The van der Waals surface area contributed by atoms with Crippen molar-refractivity contribution in [3.05, 3.63) is 54.1 Å². The van der Waals surface area contributed by atoms with Crippen LogP contribution in [-0.2, 0) is 19.5 Å². The van der Waals surface area contributed by atoms with Gasteiger partial charge in [-0.15, -0.1) is 24.0 Å². The minimum Gasteiger partial charge on any atom is -0.357 e. The third-order valence-electron chi connectivity index (χ3n) is 4.75. The van der Waals surface area contributed by atoms with Crippen molar-refractivity contribution >= 4 is 41.7 Å².